The molecule has 0 saturated heterocycles. The molecule has 0 radical (unpaired) electrons. The summed E-state index contributed by atoms with van der Waals surface area (Å²) in [5, 5.41) is 7.33. The maximum Gasteiger partial charge on any atom is 0.0844 e. The van der Waals surface area contributed by atoms with E-state index >= 15 is 0 Å². The van der Waals surface area contributed by atoms with E-state index in [1.54, 1.807) is 11.3 Å². The highest BCUT2D eigenvalue weighted by Crippen LogP contribution is 2.19. The van der Waals surface area contributed by atoms with Crippen LogP contribution in [0.4, 0.5) is 0 Å². The molecule has 104 valence electrons. The van der Waals surface area contributed by atoms with Gasteiger partial charge in [0, 0.05) is 18.0 Å². The number of hydrogen-bond donors (Lipinski definition) is 0. The molecular formula is C13H19ClN4S. The van der Waals surface area contributed by atoms with Crippen molar-refractivity contribution in [1.82, 2.24) is 19.7 Å². The Morgan fingerprint density at radius 3 is 2.74 bits per heavy atom. The Morgan fingerprint density at radius 2 is 2.21 bits per heavy atom. The zero-order valence-electron chi connectivity index (χ0n) is 11.7. The molecule has 0 aliphatic rings. The van der Waals surface area contributed by atoms with E-state index in [0.29, 0.717) is 6.04 Å². The zero-order chi connectivity index (χ0) is 14.0. The molecule has 0 aromatic carbocycles. The van der Waals surface area contributed by atoms with Crippen molar-refractivity contribution in [2.24, 2.45) is 0 Å². The summed E-state index contributed by atoms with van der Waals surface area (Å²) in [6, 6.07) is 0.371. The number of hydrogen-bond acceptors (Lipinski definition) is 4. The number of aryl methyl sites for hydroxylation is 1. The Kier molecular flexibility index (Phi) is 4.60. The molecule has 19 heavy (non-hydrogen) atoms. The van der Waals surface area contributed by atoms with Gasteiger partial charge in [0.2, 0.25) is 0 Å². The smallest absolute Gasteiger partial charge is 0.0844 e. The molecule has 1 atom stereocenters. The Balaban J connectivity index is 2.00. The van der Waals surface area contributed by atoms with Gasteiger partial charge in [-0.1, -0.05) is 11.6 Å². The molecule has 2 aromatic heterocycles. The third kappa shape index (κ3) is 3.35. The van der Waals surface area contributed by atoms with E-state index in [2.05, 4.69) is 34.3 Å². The predicted octanol–water partition coefficient (Wildman–Crippen LogP) is 3.13. The second-order valence-electron chi connectivity index (χ2n) is 4.91. The molecule has 6 heteroatoms. The summed E-state index contributed by atoms with van der Waals surface area (Å²) in [6.07, 6.45) is 0. The first kappa shape index (κ1) is 14.5. The van der Waals surface area contributed by atoms with Crippen molar-refractivity contribution in [3.63, 3.8) is 0 Å². The second kappa shape index (κ2) is 6.03. The van der Waals surface area contributed by atoms with E-state index in [1.807, 2.05) is 24.0 Å². The highest BCUT2D eigenvalue weighted by molar-refractivity contribution is 7.07. The van der Waals surface area contributed by atoms with Gasteiger partial charge < -0.3 is 0 Å². The van der Waals surface area contributed by atoms with Crippen LogP contribution in [-0.4, -0.2) is 32.8 Å². The lowest BCUT2D eigenvalue weighted by Crippen LogP contribution is -2.33. The standard InChI is InChI=1S/C13H19ClN4S/c1-9(17(4)6-12-7-19-8-15-12)5-18-11(3)13(14)10(2)16-18/h7-9H,5-6H2,1-4H3/t9-/m1/s1. The molecule has 0 aliphatic carbocycles. The van der Waals surface area contributed by atoms with Gasteiger partial charge in [0.25, 0.3) is 0 Å². The van der Waals surface area contributed by atoms with Gasteiger partial charge in [-0.3, -0.25) is 9.58 Å². The van der Waals surface area contributed by atoms with E-state index < -0.39 is 0 Å². The minimum atomic E-state index is 0.371. The van der Waals surface area contributed by atoms with Gasteiger partial charge in [-0.2, -0.15) is 5.10 Å². The van der Waals surface area contributed by atoms with Gasteiger partial charge in [-0.05, 0) is 27.8 Å². The van der Waals surface area contributed by atoms with Crippen molar-refractivity contribution in [3.8, 4) is 0 Å². The third-order valence-electron chi connectivity index (χ3n) is 3.38. The van der Waals surface area contributed by atoms with Crippen LogP contribution in [0.2, 0.25) is 5.02 Å². The maximum absolute atomic E-state index is 6.17. The molecule has 0 aliphatic heterocycles. The van der Waals surface area contributed by atoms with Crippen LogP contribution in [0, 0.1) is 13.8 Å². The minimum Gasteiger partial charge on any atom is -0.296 e. The normalized spacial score (nSPS) is 13.2. The fourth-order valence-corrected chi connectivity index (χ4v) is 2.65. The van der Waals surface area contributed by atoms with Crippen LogP contribution in [0.5, 0.6) is 0 Å². The first-order chi connectivity index (χ1) is 8.99. The number of halogens is 1. The molecule has 2 heterocycles. The fourth-order valence-electron chi connectivity index (χ4n) is 1.97. The second-order valence-corrected chi connectivity index (χ2v) is 6.01. The molecule has 0 amide bonds. The fraction of sp³-hybridized carbons (Fsp3) is 0.538. The molecule has 0 bridgehead atoms. The van der Waals surface area contributed by atoms with Crippen LogP contribution in [0.1, 0.15) is 24.0 Å². The first-order valence-corrected chi connectivity index (χ1v) is 7.58. The highest BCUT2D eigenvalue weighted by atomic mass is 35.5. The number of nitrogens with zero attached hydrogens (tertiary/aromatic N) is 4. The molecule has 0 fully saturated rings. The Hall–Kier alpha value is -0.910. The van der Waals surface area contributed by atoms with E-state index in [0.717, 1.165) is 35.2 Å². The van der Waals surface area contributed by atoms with E-state index in [-0.39, 0.29) is 0 Å². The molecular weight excluding hydrogens is 280 g/mol. The van der Waals surface area contributed by atoms with Gasteiger partial charge in [0.05, 0.1) is 34.2 Å². The van der Waals surface area contributed by atoms with Crippen LogP contribution in [0.15, 0.2) is 10.9 Å². The summed E-state index contributed by atoms with van der Waals surface area (Å²) in [6.45, 7) is 7.83. The summed E-state index contributed by atoms with van der Waals surface area (Å²) in [5.41, 5.74) is 4.92. The van der Waals surface area contributed by atoms with Gasteiger partial charge in [0.15, 0.2) is 0 Å². The van der Waals surface area contributed by atoms with Gasteiger partial charge in [-0.15, -0.1) is 11.3 Å². The lowest BCUT2D eigenvalue weighted by Gasteiger charge is -2.24. The quantitative estimate of drug-likeness (QED) is 0.850. The van der Waals surface area contributed by atoms with Crippen LogP contribution in [0.25, 0.3) is 0 Å². The summed E-state index contributed by atoms with van der Waals surface area (Å²) < 4.78 is 1.99. The summed E-state index contributed by atoms with van der Waals surface area (Å²) >= 11 is 7.80. The molecule has 0 unspecified atom stereocenters. The van der Waals surface area contributed by atoms with Crippen LogP contribution >= 0.6 is 22.9 Å². The Morgan fingerprint density at radius 1 is 1.47 bits per heavy atom. The highest BCUT2D eigenvalue weighted by Gasteiger charge is 2.15. The van der Waals surface area contributed by atoms with Crippen molar-refractivity contribution in [2.45, 2.75) is 39.9 Å². The molecule has 0 N–H and O–H groups in total. The van der Waals surface area contributed by atoms with Gasteiger partial charge in [-0.25, -0.2) is 4.98 Å². The Labute approximate surface area is 123 Å². The molecule has 0 saturated carbocycles. The largest absolute Gasteiger partial charge is 0.296 e. The van der Waals surface area contributed by atoms with Crippen LogP contribution in [0.3, 0.4) is 0 Å². The minimum absolute atomic E-state index is 0.371. The number of rotatable bonds is 5. The summed E-state index contributed by atoms with van der Waals surface area (Å²) in [4.78, 5) is 6.59. The van der Waals surface area contributed by atoms with E-state index in [4.69, 9.17) is 11.6 Å². The first-order valence-electron chi connectivity index (χ1n) is 6.26. The van der Waals surface area contributed by atoms with Crippen molar-refractivity contribution in [3.05, 3.63) is 33.0 Å². The summed E-state index contributed by atoms with van der Waals surface area (Å²) in [5.74, 6) is 0. The SMILES string of the molecule is Cc1nn(C[C@@H](C)N(C)Cc2cscn2)c(C)c1Cl. The summed E-state index contributed by atoms with van der Waals surface area (Å²) in [7, 11) is 2.11. The number of aromatic nitrogens is 3. The van der Waals surface area contributed by atoms with E-state index in [1.165, 1.54) is 0 Å². The van der Waals surface area contributed by atoms with Crippen LogP contribution in [-0.2, 0) is 13.1 Å². The van der Waals surface area contributed by atoms with Gasteiger partial charge in [0.1, 0.15) is 0 Å². The number of thiazole rings is 1. The topological polar surface area (TPSA) is 34.0 Å². The third-order valence-corrected chi connectivity index (χ3v) is 4.56. The van der Waals surface area contributed by atoms with E-state index in [9.17, 15) is 0 Å². The Bertz CT molecular complexity index is 535. The van der Waals surface area contributed by atoms with Crippen molar-refractivity contribution in [1.29, 1.82) is 0 Å². The molecule has 0 spiro atoms. The maximum atomic E-state index is 6.17. The molecule has 2 rings (SSSR count). The molecule has 4 nitrogen and oxygen atoms in total. The lowest BCUT2D eigenvalue weighted by molar-refractivity contribution is 0.218. The van der Waals surface area contributed by atoms with Crippen molar-refractivity contribution < 1.29 is 0 Å². The van der Waals surface area contributed by atoms with Crippen molar-refractivity contribution in [2.75, 3.05) is 7.05 Å². The molecule has 2 aromatic rings. The lowest BCUT2D eigenvalue weighted by atomic mass is 10.2. The van der Waals surface area contributed by atoms with Crippen LogP contribution < -0.4 is 0 Å². The zero-order valence-corrected chi connectivity index (χ0v) is 13.3. The predicted molar refractivity (Wildman–Crippen MR) is 79.8 cm³/mol. The average molecular weight is 299 g/mol. The average Bonchev–Trinajstić information content (AvgIpc) is 2.95. The van der Waals surface area contributed by atoms with Crippen molar-refractivity contribution >= 4 is 22.9 Å². The monoisotopic (exact) mass is 298 g/mol. The number of likely N-dealkylation sites (N-methyl/N-ethyl adjacent to an activating group) is 1. The van der Waals surface area contributed by atoms with Gasteiger partial charge >= 0.3 is 0 Å².